The Bertz CT molecular complexity index is 568. The van der Waals surface area contributed by atoms with Crippen molar-refractivity contribution >= 4 is 28.9 Å². The molecule has 0 aliphatic heterocycles. The van der Waals surface area contributed by atoms with E-state index in [1.54, 1.807) is 12.1 Å². The van der Waals surface area contributed by atoms with Gasteiger partial charge in [0.15, 0.2) is 0 Å². The van der Waals surface area contributed by atoms with Crippen LogP contribution in [0.5, 0.6) is 5.75 Å². The van der Waals surface area contributed by atoms with Crippen molar-refractivity contribution in [2.45, 2.75) is 13.5 Å². The normalized spacial score (nSPS) is 10.4. The maximum Gasteiger partial charge on any atom is 0.124 e. The Labute approximate surface area is 116 Å². The summed E-state index contributed by atoms with van der Waals surface area (Å²) in [6.07, 6.45) is 0. The molecule has 2 aromatic carbocycles. The summed E-state index contributed by atoms with van der Waals surface area (Å²) in [4.78, 5) is 0. The number of rotatable bonds is 3. The molecule has 2 nitrogen and oxygen atoms in total. The second-order valence-electron chi connectivity index (χ2n) is 4.03. The molecule has 0 radical (unpaired) electrons. The number of ether oxygens (including phenoxy) is 1. The molecular formula is C14H13Cl2NO. The number of hydrogen-bond donors (Lipinski definition) is 1. The smallest absolute Gasteiger partial charge is 0.124 e. The minimum absolute atomic E-state index is 0.365. The van der Waals surface area contributed by atoms with Crippen LogP contribution in [0.3, 0.4) is 0 Å². The zero-order valence-electron chi connectivity index (χ0n) is 9.91. The van der Waals surface area contributed by atoms with Crippen LogP contribution in [0, 0.1) is 6.92 Å². The molecule has 0 aromatic heterocycles. The minimum Gasteiger partial charge on any atom is -0.489 e. The van der Waals surface area contributed by atoms with E-state index in [4.69, 9.17) is 33.7 Å². The van der Waals surface area contributed by atoms with Crippen molar-refractivity contribution in [1.82, 2.24) is 0 Å². The highest BCUT2D eigenvalue weighted by Gasteiger charge is 2.06. The van der Waals surface area contributed by atoms with E-state index >= 15 is 0 Å². The van der Waals surface area contributed by atoms with Gasteiger partial charge in [0.1, 0.15) is 12.4 Å². The van der Waals surface area contributed by atoms with Gasteiger partial charge in [-0.1, -0.05) is 41.4 Å². The van der Waals surface area contributed by atoms with Crippen molar-refractivity contribution in [2.24, 2.45) is 0 Å². The van der Waals surface area contributed by atoms with E-state index < -0.39 is 0 Å². The van der Waals surface area contributed by atoms with E-state index in [0.29, 0.717) is 22.3 Å². The van der Waals surface area contributed by atoms with E-state index in [2.05, 4.69) is 0 Å². The van der Waals surface area contributed by atoms with Crippen molar-refractivity contribution in [3.8, 4) is 5.75 Å². The van der Waals surface area contributed by atoms with E-state index in [1.807, 2.05) is 31.2 Å². The van der Waals surface area contributed by atoms with Gasteiger partial charge in [-0.05, 0) is 24.6 Å². The summed E-state index contributed by atoms with van der Waals surface area (Å²) < 4.78 is 5.72. The molecule has 2 aromatic rings. The van der Waals surface area contributed by atoms with Gasteiger partial charge in [0.25, 0.3) is 0 Å². The molecule has 2 N–H and O–H groups in total. The van der Waals surface area contributed by atoms with Crippen LogP contribution < -0.4 is 10.5 Å². The number of hydrogen-bond acceptors (Lipinski definition) is 2. The van der Waals surface area contributed by atoms with Crippen LogP contribution in [0.4, 0.5) is 5.69 Å². The monoisotopic (exact) mass is 281 g/mol. The highest BCUT2D eigenvalue weighted by Crippen LogP contribution is 2.27. The molecule has 0 saturated carbocycles. The van der Waals surface area contributed by atoms with Gasteiger partial charge in [-0.15, -0.1) is 0 Å². The largest absolute Gasteiger partial charge is 0.489 e. The number of nitrogens with two attached hydrogens (primary N) is 1. The van der Waals surface area contributed by atoms with E-state index in [9.17, 15) is 0 Å². The molecule has 18 heavy (non-hydrogen) atoms. The molecule has 0 aliphatic rings. The maximum absolute atomic E-state index is 6.09. The Morgan fingerprint density at radius 2 is 1.94 bits per heavy atom. The van der Waals surface area contributed by atoms with E-state index in [0.717, 1.165) is 16.9 Å². The maximum atomic E-state index is 6.09. The molecule has 0 unspecified atom stereocenters. The first-order chi connectivity index (χ1) is 8.58. The summed E-state index contributed by atoms with van der Waals surface area (Å²) >= 11 is 12.0. The van der Waals surface area contributed by atoms with Crippen molar-refractivity contribution in [3.05, 3.63) is 57.6 Å². The molecule has 0 amide bonds. The first-order valence-corrected chi connectivity index (χ1v) is 6.25. The Morgan fingerprint density at radius 3 is 2.72 bits per heavy atom. The highest BCUT2D eigenvalue weighted by atomic mass is 35.5. The molecule has 0 spiro atoms. The van der Waals surface area contributed by atoms with Gasteiger partial charge in [0, 0.05) is 17.3 Å². The lowest BCUT2D eigenvalue weighted by Gasteiger charge is -2.11. The van der Waals surface area contributed by atoms with Gasteiger partial charge in [-0.3, -0.25) is 0 Å². The number of nitrogen functional groups attached to an aromatic ring is 1. The van der Waals surface area contributed by atoms with Gasteiger partial charge in [-0.2, -0.15) is 0 Å². The highest BCUT2D eigenvalue weighted by molar-refractivity contribution is 6.42. The van der Waals surface area contributed by atoms with Crippen LogP contribution in [0.25, 0.3) is 0 Å². The molecule has 0 bridgehead atoms. The van der Waals surface area contributed by atoms with Crippen molar-refractivity contribution in [1.29, 1.82) is 0 Å². The van der Waals surface area contributed by atoms with Crippen LogP contribution in [-0.2, 0) is 6.61 Å². The lowest BCUT2D eigenvalue weighted by Crippen LogP contribution is -1.99. The molecule has 0 fully saturated rings. The molecule has 0 atom stereocenters. The van der Waals surface area contributed by atoms with Crippen LogP contribution in [-0.4, -0.2) is 0 Å². The summed E-state index contributed by atoms with van der Waals surface area (Å²) in [5, 5.41) is 1.06. The average molecular weight is 282 g/mol. The fraction of sp³-hybridized carbons (Fsp3) is 0.143. The lowest BCUT2D eigenvalue weighted by molar-refractivity contribution is 0.304. The Kier molecular flexibility index (Phi) is 4.00. The summed E-state index contributed by atoms with van der Waals surface area (Å²) in [6.45, 7) is 2.33. The van der Waals surface area contributed by atoms with Gasteiger partial charge in [0.05, 0.1) is 10.0 Å². The topological polar surface area (TPSA) is 35.2 Å². The molecule has 2 rings (SSSR count). The van der Waals surface area contributed by atoms with Crippen molar-refractivity contribution < 1.29 is 4.74 Å². The zero-order valence-corrected chi connectivity index (χ0v) is 11.4. The molecule has 94 valence electrons. The molecule has 4 heteroatoms. The Morgan fingerprint density at radius 1 is 1.17 bits per heavy atom. The zero-order chi connectivity index (χ0) is 13.1. The third-order valence-corrected chi connectivity index (χ3v) is 3.48. The minimum atomic E-state index is 0.365. The Hall–Kier alpha value is -1.38. The van der Waals surface area contributed by atoms with Gasteiger partial charge < -0.3 is 10.5 Å². The fourth-order valence-electron chi connectivity index (χ4n) is 1.59. The van der Waals surface area contributed by atoms with Crippen LogP contribution in [0.2, 0.25) is 10.0 Å². The van der Waals surface area contributed by atoms with Crippen LogP contribution in [0.1, 0.15) is 11.1 Å². The van der Waals surface area contributed by atoms with Gasteiger partial charge in [0.2, 0.25) is 0 Å². The van der Waals surface area contributed by atoms with E-state index in [1.165, 1.54) is 0 Å². The Balaban J connectivity index is 2.16. The third-order valence-electron chi connectivity index (χ3n) is 2.63. The predicted octanol–water partition coefficient (Wildman–Crippen LogP) is 4.46. The number of aryl methyl sites for hydroxylation is 1. The summed E-state index contributed by atoms with van der Waals surface area (Å²) in [6, 6.07) is 11.0. The molecule has 0 aliphatic carbocycles. The second kappa shape index (κ2) is 5.51. The number of halogens is 2. The average Bonchev–Trinajstić information content (AvgIpc) is 2.35. The quantitative estimate of drug-likeness (QED) is 0.843. The fourth-order valence-corrected chi connectivity index (χ4v) is 1.96. The first-order valence-electron chi connectivity index (χ1n) is 5.50. The third kappa shape index (κ3) is 2.89. The lowest BCUT2D eigenvalue weighted by atomic mass is 10.2. The van der Waals surface area contributed by atoms with Crippen molar-refractivity contribution in [2.75, 3.05) is 5.73 Å². The number of anilines is 1. The molecule has 0 saturated heterocycles. The van der Waals surface area contributed by atoms with Crippen LogP contribution >= 0.6 is 23.2 Å². The second-order valence-corrected chi connectivity index (χ2v) is 4.81. The van der Waals surface area contributed by atoms with Gasteiger partial charge >= 0.3 is 0 Å². The first kappa shape index (κ1) is 13.1. The summed E-state index contributed by atoms with van der Waals surface area (Å²) in [7, 11) is 0. The predicted molar refractivity (Wildman–Crippen MR) is 76.4 cm³/mol. The molecular weight excluding hydrogens is 269 g/mol. The summed E-state index contributed by atoms with van der Waals surface area (Å²) in [5.41, 5.74) is 8.28. The van der Waals surface area contributed by atoms with E-state index in [-0.39, 0.29) is 0 Å². The number of benzene rings is 2. The van der Waals surface area contributed by atoms with Crippen LogP contribution in [0.15, 0.2) is 36.4 Å². The molecule has 0 heterocycles. The summed E-state index contributed by atoms with van der Waals surface area (Å²) in [5.74, 6) is 0.756. The SMILES string of the molecule is Cc1ccc(N)cc1OCc1cccc(Cl)c1Cl. The van der Waals surface area contributed by atoms with Crippen molar-refractivity contribution in [3.63, 3.8) is 0 Å². The van der Waals surface area contributed by atoms with Gasteiger partial charge in [-0.25, -0.2) is 0 Å². The standard InChI is InChI=1S/C14H13Cl2NO/c1-9-5-6-11(17)7-13(9)18-8-10-3-2-4-12(15)14(10)16/h2-7H,8,17H2,1H3.